The van der Waals surface area contributed by atoms with Gasteiger partial charge in [-0.05, 0) is 22.0 Å². The summed E-state index contributed by atoms with van der Waals surface area (Å²) in [5.41, 5.74) is 0.762. The van der Waals surface area contributed by atoms with Crippen LogP contribution in [0.25, 0.3) is 0 Å². The highest BCUT2D eigenvalue weighted by atomic mass is 79.9. The molecule has 0 fully saturated rings. The molecule has 0 aliphatic carbocycles. The first kappa shape index (κ1) is 13.0. The maximum Gasteiger partial charge on any atom is 0.310 e. The van der Waals surface area contributed by atoms with E-state index in [1.165, 1.54) is 14.2 Å². The zero-order chi connectivity index (χ0) is 12.0. The molecule has 1 rings (SSSR count). The van der Waals surface area contributed by atoms with E-state index in [0.29, 0.717) is 5.75 Å². The van der Waals surface area contributed by atoms with Gasteiger partial charge in [0.2, 0.25) is 0 Å². The molecule has 1 aromatic rings. The van der Waals surface area contributed by atoms with Crippen molar-refractivity contribution in [1.29, 1.82) is 0 Å². The number of benzene rings is 1. The van der Waals surface area contributed by atoms with E-state index in [2.05, 4.69) is 20.7 Å². The first-order valence-electron chi connectivity index (χ1n) is 4.65. The fourth-order valence-corrected chi connectivity index (χ4v) is 1.72. The van der Waals surface area contributed by atoms with E-state index in [9.17, 15) is 4.79 Å². The molecule has 5 heteroatoms. The van der Waals surface area contributed by atoms with E-state index >= 15 is 0 Å². The van der Waals surface area contributed by atoms with Crippen LogP contribution in [0.4, 0.5) is 0 Å². The number of halogens is 1. The molecule has 0 saturated carbocycles. The molecular formula is C11H13BrO4. The number of carbonyl (C=O) groups is 1. The fourth-order valence-electron chi connectivity index (χ4n) is 1.20. The molecule has 0 unspecified atom stereocenters. The minimum absolute atomic E-state index is 0.136. The van der Waals surface area contributed by atoms with Crippen molar-refractivity contribution in [3.8, 4) is 5.75 Å². The minimum Gasteiger partial charge on any atom is -0.469 e. The molecule has 0 aromatic heterocycles. The Kier molecular flexibility index (Phi) is 5.28. The van der Waals surface area contributed by atoms with Gasteiger partial charge in [0.15, 0.2) is 6.79 Å². The third kappa shape index (κ3) is 3.50. The number of para-hydroxylation sites is 1. The lowest BCUT2D eigenvalue weighted by atomic mass is 10.1. The van der Waals surface area contributed by atoms with Gasteiger partial charge in [-0.25, -0.2) is 0 Å². The molecule has 88 valence electrons. The molecule has 0 spiro atoms. The standard InChI is InChI=1S/C11H13BrO4/c1-14-7-16-11-8(6-10(13)15-2)4-3-5-9(11)12/h3-5H,6-7H2,1-2H3. The van der Waals surface area contributed by atoms with E-state index < -0.39 is 0 Å². The molecule has 0 atom stereocenters. The second kappa shape index (κ2) is 6.50. The Labute approximate surface area is 103 Å². The lowest BCUT2D eigenvalue weighted by molar-refractivity contribution is -0.139. The van der Waals surface area contributed by atoms with Gasteiger partial charge in [0, 0.05) is 12.7 Å². The first-order chi connectivity index (χ1) is 7.69. The van der Waals surface area contributed by atoms with E-state index in [1.807, 2.05) is 18.2 Å². The summed E-state index contributed by atoms with van der Waals surface area (Å²) in [4.78, 5) is 11.2. The smallest absolute Gasteiger partial charge is 0.310 e. The maximum absolute atomic E-state index is 11.2. The molecule has 0 radical (unpaired) electrons. The summed E-state index contributed by atoms with van der Waals surface area (Å²) in [6.45, 7) is 0.136. The molecular weight excluding hydrogens is 276 g/mol. The summed E-state index contributed by atoms with van der Waals surface area (Å²) >= 11 is 3.36. The fraction of sp³-hybridized carbons (Fsp3) is 0.364. The molecule has 0 aliphatic heterocycles. The van der Waals surface area contributed by atoms with E-state index in [0.717, 1.165) is 10.0 Å². The molecule has 4 nitrogen and oxygen atoms in total. The van der Waals surface area contributed by atoms with Crippen LogP contribution in [0.2, 0.25) is 0 Å². The normalized spacial score (nSPS) is 9.94. The summed E-state index contributed by atoms with van der Waals surface area (Å²) in [7, 11) is 2.90. The Morgan fingerprint density at radius 3 is 2.75 bits per heavy atom. The van der Waals surface area contributed by atoms with Crippen molar-refractivity contribution in [2.75, 3.05) is 21.0 Å². The Balaban J connectivity index is 2.88. The van der Waals surface area contributed by atoms with Crippen LogP contribution < -0.4 is 4.74 Å². The summed E-state index contributed by atoms with van der Waals surface area (Å²) < 4.78 is 15.6. The van der Waals surface area contributed by atoms with E-state index in [1.54, 1.807) is 0 Å². The van der Waals surface area contributed by atoms with Gasteiger partial charge in [-0.2, -0.15) is 0 Å². The van der Waals surface area contributed by atoms with Crippen LogP contribution in [0.15, 0.2) is 22.7 Å². The lowest BCUT2D eigenvalue weighted by Gasteiger charge is -2.11. The Morgan fingerprint density at radius 2 is 2.12 bits per heavy atom. The van der Waals surface area contributed by atoms with Crippen molar-refractivity contribution in [3.63, 3.8) is 0 Å². The van der Waals surface area contributed by atoms with Crippen molar-refractivity contribution in [2.45, 2.75) is 6.42 Å². The molecule has 1 aromatic carbocycles. The lowest BCUT2D eigenvalue weighted by Crippen LogP contribution is -2.08. The van der Waals surface area contributed by atoms with E-state index in [4.69, 9.17) is 9.47 Å². The second-order valence-electron chi connectivity index (χ2n) is 3.03. The zero-order valence-electron chi connectivity index (χ0n) is 9.16. The molecule has 0 amide bonds. The topological polar surface area (TPSA) is 44.8 Å². The SMILES string of the molecule is COCOc1c(Br)cccc1CC(=O)OC. The van der Waals surface area contributed by atoms with Gasteiger partial charge in [-0.3, -0.25) is 4.79 Å². The number of hydrogen-bond acceptors (Lipinski definition) is 4. The van der Waals surface area contributed by atoms with Gasteiger partial charge in [-0.15, -0.1) is 0 Å². The second-order valence-corrected chi connectivity index (χ2v) is 3.89. The highest BCUT2D eigenvalue weighted by molar-refractivity contribution is 9.10. The van der Waals surface area contributed by atoms with Crippen LogP contribution in [0.1, 0.15) is 5.56 Å². The summed E-state index contributed by atoms with van der Waals surface area (Å²) in [5, 5.41) is 0. The molecule has 0 saturated heterocycles. The Morgan fingerprint density at radius 1 is 1.38 bits per heavy atom. The van der Waals surface area contributed by atoms with Crippen LogP contribution in [-0.4, -0.2) is 27.0 Å². The van der Waals surface area contributed by atoms with Gasteiger partial charge in [0.1, 0.15) is 5.75 Å². The quantitative estimate of drug-likeness (QED) is 0.615. The van der Waals surface area contributed by atoms with Gasteiger partial charge in [0.05, 0.1) is 18.0 Å². The minimum atomic E-state index is -0.305. The number of ether oxygens (including phenoxy) is 3. The van der Waals surface area contributed by atoms with Crippen molar-refractivity contribution in [2.24, 2.45) is 0 Å². The summed E-state index contributed by atoms with van der Waals surface area (Å²) in [5.74, 6) is 0.301. The Hall–Kier alpha value is -1.07. The zero-order valence-corrected chi connectivity index (χ0v) is 10.7. The molecule has 0 bridgehead atoms. The average Bonchev–Trinajstić information content (AvgIpc) is 2.28. The monoisotopic (exact) mass is 288 g/mol. The third-order valence-electron chi connectivity index (χ3n) is 1.93. The van der Waals surface area contributed by atoms with Crippen LogP contribution >= 0.6 is 15.9 Å². The van der Waals surface area contributed by atoms with Gasteiger partial charge in [-0.1, -0.05) is 12.1 Å². The molecule has 0 N–H and O–H groups in total. The summed E-state index contributed by atoms with van der Waals surface area (Å²) in [6, 6.07) is 5.49. The average molecular weight is 289 g/mol. The molecule has 0 aliphatic rings. The van der Waals surface area contributed by atoms with E-state index in [-0.39, 0.29) is 19.2 Å². The predicted molar refractivity (Wildman–Crippen MR) is 62.4 cm³/mol. The predicted octanol–water partition coefficient (Wildman–Crippen LogP) is 2.15. The number of rotatable bonds is 5. The van der Waals surface area contributed by atoms with Crippen LogP contribution in [0, 0.1) is 0 Å². The first-order valence-corrected chi connectivity index (χ1v) is 5.44. The Bertz CT molecular complexity index is 365. The molecule has 0 heterocycles. The largest absolute Gasteiger partial charge is 0.469 e. The van der Waals surface area contributed by atoms with Crippen LogP contribution in [0.5, 0.6) is 5.75 Å². The number of esters is 1. The van der Waals surface area contributed by atoms with Crippen molar-refractivity contribution in [3.05, 3.63) is 28.2 Å². The van der Waals surface area contributed by atoms with Gasteiger partial charge in [0.25, 0.3) is 0 Å². The van der Waals surface area contributed by atoms with Crippen molar-refractivity contribution >= 4 is 21.9 Å². The van der Waals surface area contributed by atoms with Crippen molar-refractivity contribution < 1.29 is 19.0 Å². The van der Waals surface area contributed by atoms with Gasteiger partial charge < -0.3 is 14.2 Å². The molecule has 16 heavy (non-hydrogen) atoms. The van der Waals surface area contributed by atoms with Crippen molar-refractivity contribution in [1.82, 2.24) is 0 Å². The maximum atomic E-state index is 11.2. The van der Waals surface area contributed by atoms with Crippen LogP contribution in [-0.2, 0) is 20.7 Å². The highest BCUT2D eigenvalue weighted by Crippen LogP contribution is 2.29. The highest BCUT2D eigenvalue weighted by Gasteiger charge is 2.12. The number of hydrogen-bond donors (Lipinski definition) is 0. The van der Waals surface area contributed by atoms with Crippen LogP contribution in [0.3, 0.4) is 0 Å². The van der Waals surface area contributed by atoms with Gasteiger partial charge >= 0.3 is 5.97 Å². The summed E-state index contributed by atoms with van der Waals surface area (Å²) in [6.07, 6.45) is 0.176. The number of methoxy groups -OCH3 is 2. The third-order valence-corrected chi connectivity index (χ3v) is 2.56. The number of carbonyl (C=O) groups excluding carboxylic acids is 1.